The summed E-state index contributed by atoms with van der Waals surface area (Å²) in [6, 6.07) is 0.0988. The smallest absolute Gasteiger partial charge is 0.223 e. The van der Waals surface area contributed by atoms with Gasteiger partial charge >= 0.3 is 0 Å². The number of rotatable bonds is 5. The van der Waals surface area contributed by atoms with Crippen LogP contribution in [0.5, 0.6) is 0 Å². The number of nitrogens with zero attached hydrogens (tertiary/aromatic N) is 2. The molecule has 19 heavy (non-hydrogen) atoms. The lowest BCUT2D eigenvalue weighted by Gasteiger charge is -2.37. The average molecular weight is 270 g/mol. The van der Waals surface area contributed by atoms with Gasteiger partial charge in [-0.15, -0.1) is 0 Å². The van der Waals surface area contributed by atoms with Gasteiger partial charge in [-0.1, -0.05) is 20.8 Å². The summed E-state index contributed by atoms with van der Waals surface area (Å²) < 4.78 is 0. The molecule has 1 rings (SSSR count). The second-order valence-corrected chi connectivity index (χ2v) is 6.74. The van der Waals surface area contributed by atoms with E-state index in [1.54, 1.807) is 0 Å². The fourth-order valence-electron chi connectivity index (χ4n) is 2.80. The van der Waals surface area contributed by atoms with Crippen LogP contribution in [0.4, 0.5) is 0 Å². The maximum Gasteiger partial charge on any atom is 0.223 e. The van der Waals surface area contributed by atoms with Gasteiger partial charge in [-0.2, -0.15) is 0 Å². The average Bonchev–Trinajstić information content (AvgIpc) is 2.36. The van der Waals surface area contributed by atoms with Crippen molar-refractivity contribution >= 4 is 5.91 Å². The van der Waals surface area contributed by atoms with E-state index in [0.29, 0.717) is 6.42 Å². The van der Waals surface area contributed by atoms with E-state index >= 15 is 0 Å². The molecule has 0 radical (unpaired) electrons. The number of hydrogen-bond donors (Lipinski definition) is 1. The van der Waals surface area contributed by atoms with Crippen molar-refractivity contribution in [2.75, 3.05) is 33.3 Å². The SMILES string of the molecule is CN(CCC(=O)N1CCCCC1)C(CO)C(C)(C)C. The zero-order valence-electron chi connectivity index (χ0n) is 13.0. The Morgan fingerprint density at radius 1 is 1.26 bits per heavy atom. The van der Waals surface area contributed by atoms with Gasteiger partial charge in [0.15, 0.2) is 0 Å². The van der Waals surface area contributed by atoms with E-state index in [1.165, 1.54) is 6.42 Å². The van der Waals surface area contributed by atoms with Crippen LogP contribution in [0.2, 0.25) is 0 Å². The van der Waals surface area contributed by atoms with Gasteiger partial charge in [-0.3, -0.25) is 4.79 Å². The third-order valence-electron chi connectivity index (χ3n) is 4.09. The molecule has 0 bridgehead atoms. The van der Waals surface area contributed by atoms with Crippen LogP contribution in [-0.4, -0.2) is 60.1 Å². The first kappa shape index (κ1) is 16.4. The molecule has 0 aromatic rings. The van der Waals surface area contributed by atoms with Gasteiger partial charge < -0.3 is 14.9 Å². The van der Waals surface area contributed by atoms with Gasteiger partial charge in [0.1, 0.15) is 0 Å². The van der Waals surface area contributed by atoms with Crippen LogP contribution in [-0.2, 0) is 4.79 Å². The molecule has 4 heteroatoms. The first-order valence-corrected chi connectivity index (χ1v) is 7.45. The number of carbonyl (C=O) groups is 1. The number of likely N-dealkylation sites (tertiary alicyclic amines) is 1. The highest BCUT2D eigenvalue weighted by Gasteiger charge is 2.28. The maximum atomic E-state index is 12.1. The standard InChI is InChI=1S/C15H30N2O2/c1-15(2,3)13(12-18)16(4)11-8-14(19)17-9-6-5-7-10-17/h13,18H,5-12H2,1-4H3. The predicted molar refractivity (Wildman–Crippen MR) is 78.0 cm³/mol. The van der Waals surface area contributed by atoms with Crippen molar-refractivity contribution in [3.05, 3.63) is 0 Å². The summed E-state index contributed by atoms with van der Waals surface area (Å²) in [7, 11) is 2.00. The molecule has 1 fully saturated rings. The number of hydrogen-bond acceptors (Lipinski definition) is 3. The number of aliphatic hydroxyl groups is 1. The quantitative estimate of drug-likeness (QED) is 0.827. The Labute approximate surface area is 117 Å². The Balaban J connectivity index is 2.40. The second kappa shape index (κ2) is 7.25. The number of amides is 1. The Bertz CT molecular complexity index is 280. The molecule has 0 aromatic carbocycles. The lowest BCUT2D eigenvalue weighted by Crippen LogP contribution is -2.46. The summed E-state index contributed by atoms with van der Waals surface area (Å²) in [5, 5.41) is 9.51. The molecular formula is C15H30N2O2. The third kappa shape index (κ3) is 5.11. The summed E-state index contributed by atoms with van der Waals surface area (Å²) in [6.07, 6.45) is 4.09. The van der Waals surface area contributed by atoms with E-state index in [4.69, 9.17) is 0 Å². The van der Waals surface area contributed by atoms with Crippen LogP contribution < -0.4 is 0 Å². The van der Waals surface area contributed by atoms with Crippen LogP contribution in [0, 0.1) is 5.41 Å². The highest BCUT2D eigenvalue weighted by molar-refractivity contribution is 5.76. The molecule has 0 aromatic heterocycles. The molecule has 1 amide bonds. The minimum Gasteiger partial charge on any atom is -0.395 e. The van der Waals surface area contributed by atoms with Crippen LogP contribution in [0.1, 0.15) is 46.5 Å². The van der Waals surface area contributed by atoms with Gasteiger partial charge in [0.2, 0.25) is 5.91 Å². The van der Waals surface area contributed by atoms with Crippen molar-refractivity contribution < 1.29 is 9.90 Å². The van der Waals surface area contributed by atoms with Crippen molar-refractivity contribution in [1.82, 2.24) is 9.80 Å². The molecule has 0 saturated carbocycles. The number of likely N-dealkylation sites (N-methyl/N-ethyl adjacent to an activating group) is 1. The van der Waals surface area contributed by atoms with Crippen molar-refractivity contribution in [3.8, 4) is 0 Å². The van der Waals surface area contributed by atoms with E-state index in [-0.39, 0.29) is 24.0 Å². The molecule has 0 aliphatic carbocycles. The Morgan fingerprint density at radius 2 is 1.84 bits per heavy atom. The number of carbonyl (C=O) groups excluding carboxylic acids is 1. The fraction of sp³-hybridized carbons (Fsp3) is 0.933. The van der Waals surface area contributed by atoms with Gasteiger partial charge in [0.25, 0.3) is 0 Å². The molecule has 1 aliphatic heterocycles. The molecule has 112 valence electrons. The van der Waals surface area contributed by atoms with Gasteiger partial charge in [0.05, 0.1) is 6.61 Å². The topological polar surface area (TPSA) is 43.8 Å². The molecule has 1 saturated heterocycles. The minimum atomic E-state index is 0.0255. The summed E-state index contributed by atoms with van der Waals surface area (Å²) >= 11 is 0. The van der Waals surface area contributed by atoms with Gasteiger partial charge in [-0.05, 0) is 31.7 Å². The molecule has 4 nitrogen and oxygen atoms in total. The molecule has 1 heterocycles. The van der Waals surface area contributed by atoms with Crippen molar-refractivity contribution in [1.29, 1.82) is 0 Å². The van der Waals surface area contributed by atoms with E-state index in [2.05, 4.69) is 25.7 Å². The number of piperidine rings is 1. The van der Waals surface area contributed by atoms with Gasteiger partial charge in [-0.25, -0.2) is 0 Å². The van der Waals surface area contributed by atoms with E-state index in [0.717, 1.165) is 32.5 Å². The van der Waals surface area contributed by atoms with E-state index in [9.17, 15) is 9.90 Å². The van der Waals surface area contributed by atoms with Crippen LogP contribution >= 0.6 is 0 Å². The van der Waals surface area contributed by atoms with Crippen LogP contribution in [0.25, 0.3) is 0 Å². The Kier molecular flexibility index (Phi) is 6.27. The molecule has 0 spiro atoms. The van der Waals surface area contributed by atoms with E-state index < -0.39 is 0 Å². The highest BCUT2D eigenvalue weighted by atomic mass is 16.3. The monoisotopic (exact) mass is 270 g/mol. The first-order valence-electron chi connectivity index (χ1n) is 7.45. The van der Waals surface area contributed by atoms with E-state index in [1.807, 2.05) is 11.9 Å². The second-order valence-electron chi connectivity index (χ2n) is 6.74. The van der Waals surface area contributed by atoms with Crippen molar-refractivity contribution in [2.24, 2.45) is 5.41 Å². The van der Waals surface area contributed by atoms with Crippen molar-refractivity contribution in [2.45, 2.75) is 52.5 Å². The number of aliphatic hydroxyl groups excluding tert-OH is 1. The molecular weight excluding hydrogens is 240 g/mol. The van der Waals surface area contributed by atoms with Crippen LogP contribution in [0.15, 0.2) is 0 Å². The normalized spacial score (nSPS) is 18.7. The lowest BCUT2D eigenvalue weighted by molar-refractivity contribution is -0.132. The predicted octanol–water partition coefficient (Wildman–Crippen LogP) is 1.73. The molecule has 1 N–H and O–H groups in total. The first-order chi connectivity index (χ1) is 8.86. The zero-order valence-corrected chi connectivity index (χ0v) is 13.0. The largest absolute Gasteiger partial charge is 0.395 e. The highest BCUT2D eigenvalue weighted by Crippen LogP contribution is 2.23. The maximum absolute atomic E-state index is 12.1. The summed E-state index contributed by atoms with van der Waals surface area (Å²) in [6.45, 7) is 9.07. The fourth-order valence-corrected chi connectivity index (χ4v) is 2.80. The Hall–Kier alpha value is -0.610. The van der Waals surface area contributed by atoms with Crippen LogP contribution in [0.3, 0.4) is 0 Å². The van der Waals surface area contributed by atoms with Crippen molar-refractivity contribution in [3.63, 3.8) is 0 Å². The molecule has 1 atom stereocenters. The lowest BCUT2D eigenvalue weighted by atomic mass is 9.86. The molecule has 1 aliphatic rings. The molecule has 1 unspecified atom stereocenters. The third-order valence-corrected chi connectivity index (χ3v) is 4.09. The minimum absolute atomic E-state index is 0.0255. The summed E-state index contributed by atoms with van der Waals surface area (Å²) in [4.78, 5) is 16.2. The van der Waals surface area contributed by atoms with Gasteiger partial charge in [0, 0.05) is 32.1 Å². The zero-order chi connectivity index (χ0) is 14.5. The Morgan fingerprint density at radius 3 is 2.32 bits per heavy atom. The summed E-state index contributed by atoms with van der Waals surface area (Å²) in [5.74, 6) is 0.261. The summed E-state index contributed by atoms with van der Waals surface area (Å²) in [5.41, 5.74) is 0.0255.